The normalized spacial score (nSPS) is 24.8. The molecular weight excluding hydrogens is 217 g/mol. The van der Waals surface area contributed by atoms with Crippen LogP contribution in [0, 0.1) is 11.7 Å². The highest BCUT2D eigenvalue weighted by Crippen LogP contribution is 2.26. The van der Waals surface area contributed by atoms with E-state index < -0.39 is 0 Å². The zero-order valence-corrected chi connectivity index (χ0v) is 10.3. The minimum absolute atomic E-state index is 0.195. The second-order valence-corrected chi connectivity index (χ2v) is 5.05. The Morgan fingerprint density at radius 3 is 2.65 bits per heavy atom. The zero-order chi connectivity index (χ0) is 12.3. The van der Waals surface area contributed by atoms with Crippen LogP contribution in [0.4, 0.5) is 10.1 Å². The number of benzene rings is 1. The maximum absolute atomic E-state index is 13.2. The molecule has 0 spiro atoms. The van der Waals surface area contributed by atoms with E-state index in [0.29, 0.717) is 12.7 Å². The summed E-state index contributed by atoms with van der Waals surface area (Å²) in [5.41, 5.74) is 6.48. The van der Waals surface area contributed by atoms with Gasteiger partial charge in [0.05, 0.1) is 18.4 Å². The second-order valence-electron chi connectivity index (χ2n) is 5.05. The van der Waals surface area contributed by atoms with Crippen molar-refractivity contribution in [2.45, 2.75) is 45.3 Å². The van der Waals surface area contributed by atoms with Crippen molar-refractivity contribution in [2.75, 3.05) is 5.73 Å². The lowest BCUT2D eigenvalue weighted by Crippen LogP contribution is -2.20. The highest BCUT2D eigenvalue weighted by Gasteiger charge is 2.18. The predicted octanol–water partition coefficient (Wildman–Crippen LogP) is 3.50. The Morgan fingerprint density at radius 1 is 1.29 bits per heavy atom. The molecule has 0 aliphatic heterocycles. The van der Waals surface area contributed by atoms with Crippen LogP contribution >= 0.6 is 0 Å². The van der Waals surface area contributed by atoms with Crippen LogP contribution in [-0.4, -0.2) is 6.10 Å². The summed E-state index contributed by atoms with van der Waals surface area (Å²) in [6.45, 7) is 2.77. The molecule has 0 radical (unpaired) electrons. The van der Waals surface area contributed by atoms with Crippen molar-refractivity contribution in [3.05, 3.63) is 29.6 Å². The van der Waals surface area contributed by atoms with Gasteiger partial charge in [0.15, 0.2) is 0 Å². The van der Waals surface area contributed by atoms with E-state index in [-0.39, 0.29) is 11.5 Å². The minimum atomic E-state index is -0.358. The first-order chi connectivity index (χ1) is 8.15. The van der Waals surface area contributed by atoms with Crippen molar-refractivity contribution in [3.63, 3.8) is 0 Å². The molecule has 0 saturated heterocycles. The molecular formula is C14H20FNO. The van der Waals surface area contributed by atoms with Crippen molar-refractivity contribution >= 4 is 5.69 Å². The van der Waals surface area contributed by atoms with Crippen LogP contribution in [0.5, 0.6) is 0 Å². The zero-order valence-electron chi connectivity index (χ0n) is 10.3. The van der Waals surface area contributed by atoms with Crippen molar-refractivity contribution in [2.24, 2.45) is 5.92 Å². The first-order valence-corrected chi connectivity index (χ1v) is 6.30. The molecule has 0 heterocycles. The molecule has 1 aliphatic rings. The Hall–Kier alpha value is -1.09. The summed E-state index contributed by atoms with van der Waals surface area (Å²) in [6, 6.07) is 4.88. The summed E-state index contributed by atoms with van der Waals surface area (Å²) < 4.78 is 19.0. The van der Waals surface area contributed by atoms with E-state index in [0.717, 1.165) is 24.3 Å². The van der Waals surface area contributed by atoms with E-state index in [4.69, 9.17) is 10.5 Å². The van der Waals surface area contributed by atoms with Gasteiger partial charge < -0.3 is 10.5 Å². The summed E-state index contributed by atoms with van der Waals surface area (Å²) in [6.07, 6.45) is 5.06. The average Bonchev–Trinajstić information content (AvgIpc) is 2.33. The van der Waals surface area contributed by atoms with Gasteiger partial charge in [0.2, 0.25) is 0 Å². The van der Waals surface area contributed by atoms with E-state index >= 15 is 0 Å². The molecule has 1 saturated carbocycles. The third kappa shape index (κ3) is 3.43. The molecule has 2 N–H and O–H groups in total. The Labute approximate surface area is 102 Å². The monoisotopic (exact) mass is 237 g/mol. The fraction of sp³-hybridized carbons (Fsp3) is 0.571. The number of nitrogen functional groups attached to an aromatic ring is 1. The summed E-state index contributed by atoms with van der Waals surface area (Å²) in [5.74, 6) is 0.465. The number of anilines is 1. The largest absolute Gasteiger partial charge is 0.396 e. The van der Waals surface area contributed by atoms with Crippen LogP contribution in [0.25, 0.3) is 0 Å². The Balaban J connectivity index is 1.83. The lowest BCUT2D eigenvalue weighted by atomic mass is 9.89. The third-order valence-electron chi connectivity index (χ3n) is 3.51. The van der Waals surface area contributed by atoms with E-state index in [1.807, 2.05) is 6.07 Å². The van der Waals surface area contributed by atoms with E-state index in [9.17, 15) is 4.39 Å². The quantitative estimate of drug-likeness (QED) is 0.816. The third-order valence-corrected chi connectivity index (χ3v) is 3.51. The summed E-state index contributed by atoms with van der Waals surface area (Å²) in [4.78, 5) is 0. The molecule has 0 amide bonds. The van der Waals surface area contributed by atoms with Gasteiger partial charge in [-0.05, 0) is 49.3 Å². The van der Waals surface area contributed by atoms with Crippen LogP contribution in [0.2, 0.25) is 0 Å². The van der Waals surface area contributed by atoms with Gasteiger partial charge in [0.1, 0.15) is 5.82 Å². The van der Waals surface area contributed by atoms with Gasteiger partial charge in [-0.15, -0.1) is 0 Å². The smallest absolute Gasteiger partial charge is 0.146 e. The molecule has 1 aromatic carbocycles. The molecule has 0 atom stereocenters. The van der Waals surface area contributed by atoms with Crippen LogP contribution in [0.15, 0.2) is 18.2 Å². The fourth-order valence-electron chi connectivity index (χ4n) is 2.27. The number of ether oxygens (including phenoxy) is 1. The van der Waals surface area contributed by atoms with Gasteiger partial charge >= 0.3 is 0 Å². The fourth-order valence-corrected chi connectivity index (χ4v) is 2.27. The van der Waals surface area contributed by atoms with Crippen LogP contribution in [-0.2, 0) is 11.3 Å². The molecule has 0 unspecified atom stereocenters. The topological polar surface area (TPSA) is 35.2 Å². The molecule has 2 rings (SSSR count). The van der Waals surface area contributed by atoms with Crippen molar-refractivity contribution in [1.29, 1.82) is 0 Å². The van der Waals surface area contributed by atoms with Gasteiger partial charge in [-0.3, -0.25) is 0 Å². The number of hydrogen-bond acceptors (Lipinski definition) is 2. The Morgan fingerprint density at radius 2 is 2.00 bits per heavy atom. The summed E-state index contributed by atoms with van der Waals surface area (Å²) in [7, 11) is 0. The molecule has 2 nitrogen and oxygen atoms in total. The first kappa shape index (κ1) is 12.4. The van der Waals surface area contributed by atoms with Crippen molar-refractivity contribution in [3.8, 4) is 0 Å². The average molecular weight is 237 g/mol. The molecule has 1 aliphatic carbocycles. The lowest BCUT2D eigenvalue weighted by molar-refractivity contribution is 0.00869. The highest BCUT2D eigenvalue weighted by molar-refractivity contribution is 5.41. The summed E-state index contributed by atoms with van der Waals surface area (Å²) in [5, 5.41) is 0. The van der Waals surface area contributed by atoms with E-state index in [1.165, 1.54) is 18.9 Å². The van der Waals surface area contributed by atoms with Gasteiger partial charge in [0.25, 0.3) is 0 Å². The van der Waals surface area contributed by atoms with Gasteiger partial charge in [-0.25, -0.2) is 4.39 Å². The standard InChI is InChI=1S/C14H20FNO/c1-10-2-5-12(6-3-10)17-9-11-4-7-14(16)13(15)8-11/h4,7-8,10,12H,2-3,5-6,9,16H2,1H3. The van der Waals surface area contributed by atoms with Gasteiger partial charge in [0, 0.05) is 0 Å². The van der Waals surface area contributed by atoms with Gasteiger partial charge in [-0.1, -0.05) is 13.0 Å². The van der Waals surface area contributed by atoms with Gasteiger partial charge in [-0.2, -0.15) is 0 Å². The maximum atomic E-state index is 13.2. The minimum Gasteiger partial charge on any atom is -0.396 e. The Kier molecular flexibility index (Phi) is 4.00. The summed E-state index contributed by atoms with van der Waals surface area (Å²) >= 11 is 0. The van der Waals surface area contributed by atoms with E-state index in [1.54, 1.807) is 6.07 Å². The van der Waals surface area contributed by atoms with Crippen molar-refractivity contribution in [1.82, 2.24) is 0 Å². The second kappa shape index (κ2) is 5.50. The predicted molar refractivity (Wildman–Crippen MR) is 67.0 cm³/mol. The first-order valence-electron chi connectivity index (χ1n) is 6.30. The van der Waals surface area contributed by atoms with Crippen molar-refractivity contribution < 1.29 is 9.13 Å². The SMILES string of the molecule is CC1CCC(OCc2ccc(N)c(F)c2)CC1. The molecule has 3 heteroatoms. The molecule has 17 heavy (non-hydrogen) atoms. The number of halogens is 1. The molecule has 0 bridgehead atoms. The van der Waals surface area contributed by atoms with Crippen LogP contribution < -0.4 is 5.73 Å². The molecule has 94 valence electrons. The Bertz CT molecular complexity index is 372. The maximum Gasteiger partial charge on any atom is 0.146 e. The molecule has 1 aromatic rings. The lowest BCUT2D eigenvalue weighted by Gasteiger charge is -2.26. The highest BCUT2D eigenvalue weighted by atomic mass is 19.1. The van der Waals surface area contributed by atoms with Crippen LogP contribution in [0.1, 0.15) is 38.2 Å². The molecule has 1 fully saturated rings. The number of hydrogen-bond donors (Lipinski definition) is 1. The van der Waals surface area contributed by atoms with E-state index in [2.05, 4.69) is 6.92 Å². The molecule has 0 aromatic heterocycles. The number of rotatable bonds is 3. The van der Waals surface area contributed by atoms with Crippen LogP contribution in [0.3, 0.4) is 0 Å². The number of nitrogens with two attached hydrogens (primary N) is 1.